The van der Waals surface area contributed by atoms with Gasteiger partial charge in [-0.25, -0.2) is 0 Å². The van der Waals surface area contributed by atoms with Crippen molar-refractivity contribution >= 4 is 5.97 Å². The lowest BCUT2D eigenvalue weighted by Gasteiger charge is -1.90. The smallest absolute Gasteiger partial charge is 0.302 e. The summed E-state index contributed by atoms with van der Waals surface area (Å²) in [7, 11) is 0. The van der Waals surface area contributed by atoms with Crippen LogP contribution < -0.4 is 0 Å². The maximum atomic E-state index is 9.93. The Bertz CT molecular complexity index is 106. The minimum absolute atomic E-state index is 0.264. The third-order valence-corrected chi connectivity index (χ3v) is 0.404. The number of esters is 1. The van der Waals surface area contributed by atoms with E-state index in [1.807, 2.05) is 6.92 Å². The van der Waals surface area contributed by atoms with Crippen LogP contribution >= 0.6 is 0 Å². The van der Waals surface area contributed by atoms with Crippen molar-refractivity contribution in [1.82, 2.24) is 0 Å². The Morgan fingerprint density at radius 3 is 2.10 bits per heavy atom. The Balaban J connectivity index is 0. The molecule has 10 heavy (non-hydrogen) atoms. The van der Waals surface area contributed by atoms with Crippen molar-refractivity contribution in [2.75, 3.05) is 6.61 Å². The lowest BCUT2D eigenvalue weighted by Crippen LogP contribution is -1.96. The first-order valence-corrected chi connectivity index (χ1v) is 3.00. The first-order valence-electron chi connectivity index (χ1n) is 3.00. The van der Waals surface area contributed by atoms with E-state index in [4.69, 9.17) is 0 Å². The van der Waals surface area contributed by atoms with Gasteiger partial charge in [0.1, 0.15) is 6.61 Å². The molecule has 0 atom stereocenters. The first-order chi connectivity index (χ1) is 4.68. The van der Waals surface area contributed by atoms with Crippen LogP contribution in [0.2, 0.25) is 0 Å². The highest BCUT2D eigenvalue weighted by Gasteiger charge is 1.83. The second-order valence-corrected chi connectivity index (χ2v) is 1.50. The van der Waals surface area contributed by atoms with Gasteiger partial charge >= 0.3 is 5.97 Å². The van der Waals surface area contributed by atoms with Crippen LogP contribution in [0.25, 0.3) is 0 Å². The van der Waals surface area contributed by atoms with Gasteiger partial charge in [-0.15, -0.1) is 6.58 Å². The van der Waals surface area contributed by atoms with Gasteiger partial charge in [0.05, 0.1) is 0 Å². The van der Waals surface area contributed by atoms with Gasteiger partial charge in [0, 0.05) is 6.92 Å². The zero-order valence-corrected chi connectivity index (χ0v) is 6.59. The number of hydrogen-bond acceptors (Lipinski definition) is 2. The van der Waals surface area contributed by atoms with E-state index in [1.54, 1.807) is 6.08 Å². The fourth-order valence-corrected chi connectivity index (χ4v) is 0.176. The normalized spacial score (nSPS) is 6.60. The lowest BCUT2D eigenvalue weighted by atomic mass is 10.7. The van der Waals surface area contributed by atoms with Gasteiger partial charge in [-0.05, 0) is 6.92 Å². The second kappa shape index (κ2) is 10.8. The standard InChI is InChI=1S/C5H8O2.C3H6/c1-3-4-7-5(2)6;1-3-2/h3H,1,4H2,2H3;3H,1H2,2H3. The van der Waals surface area contributed by atoms with Crippen LogP contribution in [-0.4, -0.2) is 12.6 Å². The van der Waals surface area contributed by atoms with Crippen LogP contribution in [0.3, 0.4) is 0 Å². The summed E-state index contributed by atoms with van der Waals surface area (Å²) in [4.78, 5) is 9.93. The summed E-state index contributed by atoms with van der Waals surface area (Å²) in [6, 6.07) is 0. The summed E-state index contributed by atoms with van der Waals surface area (Å²) in [5, 5.41) is 0. The van der Waals surface area contributed by atoms with Gasteiger partial charge in [-0.2, -0.15) is 0 Å². The highest BCUT2D eigenvalue weighted by molar-refractivity contribution is 5.65. The molecule has 0 saturated carbocycles. The van der Waals surface area contributed by atoms with Gasteiger partial charge < -0.3 is 4.74 Å². The van der Waals surface area contributed by atoms with Crippen LogP contribution in [0.5, 0.6) is 0 Å². The van der Waals surface area contributed by atoms with Crippen LogP contribution in [0.1, 0.15) is 13.8 Å². The fraction of sp³-hybridized carbons (Fsp3) is 0.375. The molecule has 0 N–H and O–H groups in total. The molecule has 0 radical (unpaired) electrons. The monoisotopic (exact) mass is 142 g/mol. The summed E-state index contributed by atoms with van der Waals surface area (Å²) in [6.45, 7) is 10.3. The highest BCUT2D eigenvalue weighted by Crippen LogP contribution is 1.73. The van der Waals surface area contributed by atoms with Crippen molar-refractivity contribution in [1.29, 1.82) is 0 Å². The first kappa shape index (κ1) is 11.7. The van der Waals surface area contributed by atoms with E-state index < -0.39 is 0 Å². The molecule has 0 saturated heterocycles. The summed E-state index contributed by atoms with van der Waals surface area (Å²) in [5.41, 5.74) is 0. The summed E-state index contributed by atoms with van der Waals surface area (Å²) >= 11 is 0. The van der Waals surface area contributed by atoms with Crippen molar-refractivity contribution in [3.05, 3.63) is 25.3 Å². The number of ether oxygens (including phenoxy) is 1. The predicted molar refractivity (Wildman–Crippen MR) is 42.7 cm³/mol. The molecule has 0 aliphatic carbocycles. The number of hydrogen-bond donors (Lipinski definition) is 0. The third-order valence-electron chi connectivity index (χ3n) is 0.404. The number of carbonyl (C=O) groups excluding carboxylic acids is 1. The Morgan fingerprint density at radius 2 is 2.00 bits per heavy atom. The Labute approximate surface area is 62.2 Å². The topological polar surface area (TPSA) is 26.3 Å². The van der Waals surface area contributed by atoms with Crippen molar-refractivity contribution in [3.63, 3.8) is 0 Å². The Hall–Kier alpha value is -1.05. The summed E-state index contributed by atoms with van der Waals surface area (Å²) in [6.07, 6.45) is 3.28. The van der Waals surface area contributed by atoms with E-state index >= 15 is 0 Å². The molecule has 2 nitrogen and oxygen atoms in total. The zero-order chi connectivity index (χ0) is 8.41. The molecule has 0 amide bonds. The van der Waals surface area contributed by atoms with Gasteiger partial charge in [-0.1, -0.05) is 18.7 Å². The second-order valence-electron chi connectivity index (χ2n) is 1.50. The SMILES string of the molecule is C=CC.C=CCOC(C)=O. The Kier molecular flexibility index (Phi) is 12.7. The molecule has 58 valence electrons. The number of allylic oxidation sites excluding steroid dienone is 1. The molecule has 2 heteroatoms. The predicted octanol–water partition coefficient (Wildman–Crippen LogP) is 1.93. The highest BCUT2D eigenvalue weighted by atomic mass is 16.5. The fourth-order valence-electron chi connectivity index (χ4n) is 0.176. The average molecular weight is 142 g/mol. The molecule has 0 spiro atoms. The van der Waals surface area contributed by atoms with Crippen LogP contribution in [0.4, 0.5) is 0 Å². The van der Waals surface area contributed by atoms with Crippen LogP contribution in [0, 0.1) is 0 Å². The molecule has 0 heterocycles. The van der Waals surface area contributed by atoms with Crippen molar-refractivity contribution in [2.45, 2.75) is 13.8 Å². The number of carbonyl (C=O) groups is 1. The van der Waals surface area contributed by atoms with E-state index in [0.29, 0.717) is 6.61 Å². The van der Waals surface area contributed by atoms with E-state index in [2.05, 4.69) is 17.9 Å². The molecule has 0 aromatic carbocycles. The quantitative estimate of drug-likeness (QED) is 0.435. The van der Waals surface area contributed by atoms with Crippen molar-refractivity contribution < 1.29 is 9.53 Å². The minimum atomic E-state index is -0.264. The van der Waals surface area contributed by atoms with Crippen molar-refractivity contribution in [2.24, 2.45) is 0 Å². The molecular formula is C8H14O2. The van der Waals surface area contributed by atoms with Crippen LogP contribution in [-0.2, 0) is 9.53 Å². The Morgan fingerprint density at radius 1 is 1.60 bits per heavy atom. The molecule has 0 bridgehead atoms. The average Bonchev–Trinajstić information content (AvgIpc) is 1.85. The summed E-state index contributed by atoms with van der Waals surface area (Å²) < 4.78 is 4.43. The lowest BCUT2D eigenvalue weighted by molar-refractivity contribution is -0.139. The molecule has 0 rings (SSSR count). The molecule has 0 aliphatic rings. The van der Waals surface area contributed by atoms with Gasteiger partial charge in [-0.3, -0.25) is 4.79 Å². The molecule has 0 aromatic rings. The zero-order valence-electron chi connectivity index (χ0n) is 6.59. The van der Waals surface area contributed by atoms with Gasteiger partial charge in [0.25, 0.3) is 0 Å². The van der Waals surface area contributed by atoms with E-state index in [-0.39, 0.29) is 5.97 Å². The van der Waals surface area contributed by atoms with E-state index in [9.17, 15) is 4.79 Å². The maximum Gasteiger partial charge on any atom is 0.302 e. The number of rotatable bonds is 2. The largest absolute Gasteiger partial charge is 0.462 e. The van der Waals surface area contributed by atoms with Gasteiger partial charge in [0.2, 0.25) is 0 Å². The van der Waals surface area contributed by atoms with Crippen LogP contribution in [0.15, 0.2) is 25.3 Å². The molecule has 0 unspecified atom stereocenters. The molecule has 0 aromatic heterocycles. The van der Waals surface area contributed by atoms with E-state index in [0.717, 1.165) is 0 Å². The van der Waals surface area contributed by atoms with E-state index in [1.165, 1.54) is 13.0 Å². The maximum absolute atomic E-state index is 9.93. The molecular weight excluding hydrogens is 128 g/mol. The molecule has 0 fully saturated rings. The molecule has 0 aliphatic heterocycles. The summed E-state index contributed by atoms with van der Waals surface area (Å²) in [5.74, 6) is -0.264. The third kappa shape index (κ3) is 28.3. The minimum Gasteiger partial charge on any atom is -0.462 e. The van der Waals surface area contributed by atoms with Gasteiger partial charge in [0.15, 0.2) is 0 Å². The van der Waals surface area contributed by atoms with Crippen molar-refractivity contribution in [3.8, 4) is 0 Å².